The first-order valence-corrected chi connectivity index (χ1v) is 14.1. The molecule has 5 nitrogen and oxygen atoms in total. The number of amides is 1. The molecule has 0 aromatic heterocycles. The summed E-state index contributed by atoms with van der Waals surface area (Å²) in [5.41, 5.74) is 6.50. The summed E-state index contributed by atoms with van der Waals surface area (Å²) >= 11 is 0. The first-order valence-electron chi connectivity index (χ1n) is 14.1. The molecule has 206 valence electrons. The van der Waals surface area contributed by atoms with E-state index in [4.69, 9.17) is 9.47 Å². The third kappa shape index (κ3) is 6.37. The molecule has 5 rings (SSSR count). The van der Waals surface area contributed by atoms with Gasteiger partial charge in [-0.05, 0) is 73.4 Å². The highest BCUT2D eigenvalue weighted by atomic mass is 16.5. The van der Waals surface area contributed by atoms with Crippen LogP contribution in [0.1, 0.15) is 51.1 Å². The van der Waals surface area contributed by atoms with E-state index >= 15 is 0 Å². The zero-order valence-electron chi connectivity index (χ0n) is 23.7. The number of benzene rings is 4. The van der Waals surface area contributed by atoms with Crippen molar-refractivity contribution in [1.82, 2.24) is 9.80 Å². The van der Waals surface area contributed by atoms with Crippen LogP contribution in [0.4, 0.5) is 0 Å². The fourth-order valence-corrected chi connectivity index (χ4v) is 5.34. The SMILES string of the molecule is CCOc1ccc(C(=O)N2CCN(C(c3ccccc3)c3ccccc3)CC2)cc1COc1ccc(C)c(C)c1. The van der Waals surface area contributed by atoms with Gasteiger partial charge in [-0.3, -0.25) is 9.69 Å². The molecular formula is C35H38N2O3. The van der Waals surface area contributed by atoms with E-state index in [1.165, 1.54) is 22.3 Å². The van der Waals surface area contributed by atoms with Crippen LogP contribution in [0.15, 0.2) is 97.1 Å². The zero-order valence-corrected chi connectivity index (χ0v) is 23.7. The van der Waals surface area contributed by atoms with Crippen molar-refractivity contribution in [2.45, 2.75) is 33.4 Å². The Bertz CT molecular complexity index is 1370. The molecule has 0 saturated carbocycles. The van der Waals surface area contributed by atoms with E-state index in [0.29, 0.717) is 31.9 Å². The lowest BCUT2D eigenvalue weighted by Crippen LogP contribution is -2.49. The first-order chi connectivity index (χ1) is 19.5. The van der Waals surface area contributed by atoms with Crippen molar-refractivity contribution in [3.8, 4) is 11.5 Å². The molecule has 1 aliphatic heterocycles. The van der Waals surface area contributed by atoms with Crippen molar-refractivity contribution in [3.05, 3.63) is 130 Å². The van der Waals surface area contributed by atoms with Crippen molar-refractivity contribution in [2.75, 3.05) is 32.8 Å². The number of ether oxygens (including phenoxy) is 2. The van der Waals surface area contributed by atoms with Crippen molar-refractivity contribution in [1.29, 1.82) is 0 Å². The average molecular weight is 535 g/mol. The minimum absolute atomic E-state index is 0.0473. The number of piperazine rings is 1. The van der Waals surface area contributed by atoms with E-state index in [1.807, 2.05) is 42.2 Å². The Kier molecular flexibility index (Phi) is 8.82. The number of carbonyl (C=O) groups excluding carboxylic acids is 1. The number of nitrogens with zero attached hydrogens (tertiary/aromatic N) is 2. The lowest BCUT2D eigenvalue weighted by Gasteiger charge is -2.40. The van der Waals surface area contributed by atoms with Gasteiger partial charge in [-0.25, -0.2) is 0 Å². The van der Waals surface area contributed by atoms with Crippen molar-refractivity contribution in [3.63, 3.8) is 0 Å². The van der Waals surface area contributed by atoms with E-state index in [-0.39, 0.29) is 11.9 Å². The zero-order chi connectivity index (χ0) is 27.9. The first kappa shape index (κ1) is 27.5. The Morgan fingerprint density at radius 3 is 2.00 bits per heavy atom. The van der Waals surface area contributed by atoms with Gasteiger partial charge in [0.15, 0.2) is 0 Å². The van der Waals surface area contributed by atoms with Crippen LogP contribution in [0.2, 0.25) is 0 Å². The van der Waals surface area contributed by atoms with Crippen molar-refractivity contribution in [2.24, 2.45) is 0 Å². The average Bonchev–Trinajstić information content (AvgIpc) is 3.00. The van der Waals surface area contributed by atoms with Crippen LogP contribution < -0.4 is 9.47 Å². The molecular weight excluding hydrogens is 496 g/mol. The second-order valence-corrected chi connectivity index (χ2v) is 10.3. The maximum Gasteiger partial charge on any atom is 0.253 e. The van der Waals surface area contributed by atoms with Crippen LogP contribution in [0.3, 0.4) is 0 Å². The van der Waals surface area contributed by atoms with Gasteiger partial charge in [0.25, 0.3) is 5.91 Å². The highest BCUT2D eigenvalue weighted by Gasteiger charge is 2.28. The lowest BCUT2D eigenvalue weighted by molar-refractivity contribution is 0.0597. The van der Waals surface area contributed by atoms with E-state index in [2.05, 4.69) is 85.5 Å². The molecule has 0 unspecified atom stereocenters. The quantitative estimate of drug-likeness (QED) is 0.236. The van der Waals surface area contributed by atoms with Crippen LogP contribution in [-0.4, -0.2) is 48.5 Å². The van der Waals surface area contributed by atoms with Crippen LogP contribution in [0.25, 0.3) is 0 Å². The second kappa shape index (κ2) is 12.8. The number of rotatable bonds is 9. The number of aryl methyl sites for hydroxylation is 2. The molecule has 1 heterocycles. The maximum atomic E-state index is 13.6. The smallest absolute Gasteiger partial charge is 0.253 e. The minimum atomic E-state index is 0.0473. The Morgan fingerprint density at radius 1 is 0.750 bits per heavy atom. The van der Waals surface area contributed by atoms with Crippen LogP contribution in [0, 0.1) is 13.8 Å². The van der Waals surface area contributed by atoms with E-state index in [0.717, 1.165) is 30.2 Å². The maximum absolute atomic E-state index is 13.6. The fourth-order valence-electron chi connectivity index (χ4n) is 5.34. The molecule has 0 atom stereocenters. The van der Waals surface area contributed by atoms with Gasteiger partial charge in [0, 0.05) is 37.3 Å². The Morgan fingerprint density at radius 2 is 1.40 bits per heavy atom. The van der Waals surface area contributed by atoms with Gasteiger partial charge in [0.1, 0.15) is 18.1 Å². The highest BCUT2D eigenvalue weighted by molar-refractivity contribution is 5.94. The van der Waals surface area contributed by atoms with Gasteiger partial charge in [-0.2, -0.15) is 0 Å². The van der Waals surface area contributed by atoms with E-state index in [1.54, 1.807) is 0 Å². The van der Waals surface area contributed by atoms with Gasteiger partial charge in [-0.15, -0.1) is 0 Å². The summed E-state index contributed by atoms with van der Waals surface area (Å²) in [6.45, 7) is 9.98. The molecule has 40 heavy (non-hydrogen) atoms. The van der Waals surface area contributed by atoms with Crippen LogP contribution in [-0.2, 0) is 6.61 Å². The second-order valence-electron chi connectivity index (χ2n) is 10.3. The van der Waals surface area contributed by atoms with Gasteiger partial charge in [-0.1, -0.05) is 66.7 Å². The van der Waals surface area contributed by atoms with Gasteiger partial charge < -0.3 is 14.4 Å². The molecule has 0 bridgehead atoms. The molecule has 1 saturated heterocycles. The number of hydrogen-bond acceptors (Lipinski definition) is 4. The Labute approximate surface area is 238 Å². The molecule has 5 heteroatoms. The highest BCUT2D eigenvalue weighted by Crippen LogP contribution is 2.30. The summed E-state index contributed by atoms with van der Waals surface area (Å²) in [7, 11) is 0. The van der Waals surface area contributed by atoms with Gasteiger partial charge >= 0.3 is 0 Å². The summed E-state index contributed by atoms with van der Waals surface area (Å²) in [6, 6.07) is 33.2. The van der Waals surface area contributed by atoms with E-state index in [9.17, 15) is 4.79 Å². The Hall–Kier alpha value is -4.09. The third-order valence-electron chi connectivity index (χ3n) is 7.68. The van der Waals surface area contributed by atoms with Crippen LogP contribution in [0.5, 0.6) is 11.5 Å². The topological polar surface area (TPSA) is 42.0 Å². The number of hydrogen-bond donors (Lipinski definition) is 0. The molecule has 1 fully saturated rings. The van der Waals surface area contributed by atoms with Crippen LogP contribution >= 0.6 is 0 Å². The predicted molar refractivity (Wildman–Crippen MR) is 160 cm³/mol. The summed E-state index contributed by atoms with van der Waals surface area (Å²) < 4.78 is 12.0. The fraction of sp³-hybridized carbons (Fsp3) is 0.286. The molecule has 0 aliphatic carbocycles. The van der Waals surface area contributed by atoms with Crippen molar-refractivity contribution < 1.29 is 14.3 Å². The normalized spacial score (nSPS) is 13.8. The van der Waals surface area contributed by atoms with E-state index < -0.39 is 0 Å². The largest absolute Gasteiger partial charge is 0.493 e. The minimum Gasteiger partial charge on any atom is -0.493 e. The number of carbonyl (C=O) groups is 1. The lowest BCUT2D eigenvalue weighted by atomic mass is 9.96. The molecule has 1 amide bonds. The summed E-state index contributed by atoms with van der Waals surface area (Å²) in [5.74, 6) is 1.61. The van der Waals surface area contributed by atoms with Crippen molar-refractivity contribution >= 4 is 5.91 Å². The standard InChI is InChI=1S/C35H38N2O3/c1-4-39-33-18-16-30(24-31(33)25-40-32-17-15-26(2)27(3)23-32)35(38)37-21-19-36(20-22-37)34(28-11-7-5-8-12-28)29-13-9-6-10-14-29/h5-18,23-24,34H,4,19-22,25H2,1-3H3. The monoisotopic (exact) mass is 534 g/mol. The predicted octanol–water partition coefficient (Wildman–Crippen LogP) is 6.83. The molecule has 4 aromatic rings. The molecule has 0 spiro atoms. The third-order valence-corrected chi connectivity index (χ3v) is 7.68. The van der Waals surface area contributed by atoms with Gasteiger partial charge in [0.05, 0.1) is 12.6 Å². The summed E-state index contributed by atoms with van der Waals surface area (Å²) in [5, 5.41) is 0. The molecule has 0 N–H and O–H groups in total. The molecule has 4 aromatic carbocycles. The molecule has 1 aliphatic rings. The molecule has 0 radical (unpaired) electrons. The summed E-state index contributed by atoms with van der Waals surface area (Å²) in [4.78, 5) is 18.1. The van der Waals surface area contributed by atoms with Gasteiger partial charge in [0.2, 0.25) is 0 Å². The Balaban J connectivity index is 1.29. The summed E-state index contributed by atoms with van der Waals surface area (Å²) in [6.07, 6.45) is 0.